The standard InChI is InChI=1S/C28H22Cl2N2O3S/c29-20-14-21(30)16-23(15-20)32-28(34)27(19-8-3-1-4-9-19)36-25-13-7-10-22(17-25)31-26(33)18-35-24-11-5-2-6-12-24/h1-17,27H,18H2,(H,31,33)(H,32,34). The predicted molar refractivity (Wildman–Crippen MR) is 147 cm³/mol. The molecule has 0 heterocycles. The summed E-state index contributed by atoms with van der Waals surface area (Å²) in [5.74, 6) is 0.112. The highest BCUT2D eigenvalue weighted by molar-refractivity contribution is 8.00. The van der Waals surface area contributed by atoms with Gasteiger partial charge in [-0.05, 0) is 54.1 Å². The second-order valence-corrected chi connectivity index (χ2v) is 9.79. The van der Waals surface area contributed by atoms with Crippen LogP contribution in [0.4, 0.5) is 11.4 Å². The van der Waals surface area contributed by atoms with Crippen LogP contribution in [0.5, 0.6) is 5.75 Å². The summed E-state index contributed by atoms with van der Waals surface area (Å²) >= 11 is 13.6. The first-order valence-electron chi connectivity index (χ1n) is 11.0. The highest BCUT2D eigenvalue weighted by Gasteiger charge is 2.23. The van der Waals surface area contributed by atoms with E-state index in [9.17, 15) is 9.59 Å². The van der Waals surface area contributed by atoms with E-state index >= 15 is 0 Å². The van der Waals surface area contributed by atoms with Gasteiger partial charge in [0.2, 0.25) is 5.91 Å². The Hall–Kier alpha value is -3.45. The maximum absolute atomic E-state index is 13.3. The minimum absolute atomic E-state index is 0.112. The third-order valence-corrected chi connectivity index (χ3v) is 6.64. The van der Waals surface area contributed by atoms with E-state index in [-0.39, 0.29) is 18.4 Å². The van der Waals surface area contributed by atoms with Crippen LogP contribution in [0.2, 0.25) is 10.0 Å². The van der Waals surface area contributed by atoms with Crippen molar-refractivity contribution < 1.29 is 14.3 Å². The lowest BCUT2D eigenvalue weighted by atomic mass is 10.1. The van der Waals surface area contributed by atoms with E-state index in [1.165, 1.54) is 11.8 Å². The fraction of sp³-hybridized carbons (Fsp3) is 0.0714. The molecule has 2 N–H and O–H groups in total. The third kappa shape index (κ3) is 7.52. The number of benzene rings is 4. The summed E-state index contributed by atoms with van der Waals surface area (Å²) in [7, 11) is 0. The molecule has 0 saturated carbocycles. The van der Waals surface area contributed by atoms with Crippen LogP contribution in [0.15, 0.2) is 108 Å². The van der Waals surface area contributed by atoms with Gasteiger partial charge >= 0.3 is 0 Å². The first-order chi connectivity index (χ1) is 17.5. The van der Waals surface area contributed by atoms with Crippen LogP contribution >= 0.6 is 35.0 Å². The van der Waals surface area contributed by atoms with Gasteiger partial charge in [-0.25, -0.2) is 0 Å². The molecule has 2 amide bonds. The molecule has 0 radical (unpaired) electrons. The molecule has 1 unspecified atom stereocenters. The van der Waals surface area contributed by atoms with Crippen molar-refractivity contribution in [2.45, 2.75) is 10.1 Å². The Kier molecular flexibility index (Phi) is 8.90. The molecule has 36 heavy (non-hydrogen) atoms. The SMILES string of the molecule is O=C(COc1ccccc1)Nc1cccc(SC(C(=O)Nc2cc(Cl)cc(Cl)c2)c2ccccc2)c1. The molecule has 0 spiro atoms. The van der Waals surface area contributed by atoms with Gasteiger partial charge in [0.15, 0.2) is 6.61 Å². The van der Waals surface area contributed by atoms with Gasteiger partial charge in [0, 0.05) is 26.3 Å². The Morgan fingerprint density at radius 1 is 0.750 bits per heavy atom. The van der Waals surface area contributed by atoms with Crippen LogP contribution in [0, 0.1) is 0 Å². The van der Waals surface area contributed by atoms with Crippen molar-refractivity contribution >= 4 is 58.2 Å². The Balaban J connectivity index is 1.47. The van der Waals surface area contributed by atoms with Crippen molar-refractivity contribution in [3.05, 3.63) is 119 Å². The lowest BCUT2D eigenvalue weighted by Gasteiger charge is -2.18. The molecule has 8 heteroatoms. The smallest absolute Gasteiger partial charge is 0.262 e. The van der Waals surface area contributed by atoms with Gasteiger partial charge in [-0.3, -0.25) is 9.59 Å². The van der Waals surface area contributed by atoms with E-state index in [1.54, 1.807) is 36.4 Å². The molecule has 182 valence electrons. The van der Waals surface area contributed by atoms with Crippen LogP contribution in [-0.2, 0) is 9.59 Å². The van der Waals surface area contributed by atoms with Gasteiger partial charge < -0.3 is 15.4 Å². The first kappa shape index (κ1) is 25.6. The van der Waals surface area contributed by atoms with Crippen molar-refractivity contribution in [3.8, 4) is 5.75 Å². The average molecular weight is 537 g/mol. The minimum Gasteiger partial charge on any atom is -0.484 e. The topological polar surface area (TPSA) is 67.4 Å². The second kappa shape index (κ2) is 12.5. The van der Waals surface area contributed by atoms with E-state index in [2.05, 4.69) is 10.6 Å². The number of thioether (sulfide) groups is 1. The van der Waals surface area contributed by atoms with Gasteiger partial charge in [-0.2, -0.15) is 0 Å². The van der Waals surface area contributed by atoms with E-state index < -0.39 is 5.25 Å². The van der Waals surface area contributed by atoms with Crippen molar-refractivity contribution in [1.82, 2.24) is 0 Å². The van der Waals surface area contributed by atoms with Gasteiger partial charge in [-0.15, -0.1) is 11.8 Å². The maximum atomic E-state index is 13.3. The summed E-state index contributed by atoms with van der Waals surface area (Å²) in [5, 5.41) is 6.05. The zero-order valence-electron chi connectivity index (χ0n) is 19.0. The number of rotatable bonds is 9. The van der Waals surface area contributed by atoms with E-state index in [4.69, 9.17) is 27.9 Å². The fourth-order valence-electron chi connectivity index (χ4n) is 3.38. The number of carbonyl (C=O) groups is 2. The lowest BCUT2D eigenvalue weighted by Crippen LogP contribution is -2.20. The molecule has 4 aromatic rings. The number of ether oxygens (including phenoxy) is 1. The molecule has 4 rings (SSSR count). The Morgan fingerprint density at radius 3 is 2.11 bits per heavy atom. The Morgan fingerprint density at radius 2 is 1.42 bits per heavy atom. The van der Waals surface area contributed by atoms with Gasteiger partial charge in [-0.1, -0.05) is 77.8 Å². The quantitative estimate of drug-likeness (QED) is 0.217. The molecular weight excluding hydrogens is 515 g/mol. The average Bonchev–Trinajstić information content (AvgIpc) is 2.87. The van der Waals surface area contributed by atoms with Crippen molar-refractivity contribution in [1.29, 1.82) is 0 Å². The second-order valence-electron chi connectivity index (χ2n) is 7.73. The third-order valence-electron chi connectivity index (χ3n) is 4.96. The van der Waals surface area contributed by atoms with E-state index in [1.807, 2.05) is 66.7 Å². The predicted octanol–water partition coefficient (Wildman–Crippen LogP) is 7.48. The van der Waals surface area contributed by atoms with E-state index in [0.29, 0.717) is 27.2 Å². The Bertz CT molecular complexity index is 1320. The highest BCUT2D eigenvalue weighted by atomic mass is 35.5. The highest BCUT2D eigenvalue weighted by Crippen LogP contribution is 2.37. The lowest BCUT2D eigenvalue weighted by molar-refractivity contribution is -0.118. The van der Waals surface area contributed by atoms with Crippen LogP contribution in [0.25, 0.3) is 0 Å². The number of para-hydroxylation sites is 1. The molecular formula is C28H22Cl2N2O3S. The summed E-state index contributed by atoms with van der Waals surface area (Å²) in [6.07, 6.45) is 0. The molecule has 0 aliphatic rings. The molecule has 1 atom stereocenters. The summed E-state index contributed by atoms with van der Waals surface area (Å²) in [6.45, 7) is -0.112. The Labute approximate surface area is 223 Å². The molecule has 0 aliphatic carbocycles. The number of hydrogen-bond acceptors (Lipinski definition) is 4. The number of halogens is 2. The summed E-state index contributed by atoms with van der Waals surface area (Å²) < 4.78 is 5.51. The van der Waals surface area contributed by atoms with Crippen LogP contribution in [-0.4, -0.2) is 18.4 Å². The monoisotopic (exact) mass is 536 g/mol. The number of amides is 2. The first-order valence-corrected chi connectivity index (χ1v) is 12.7. The maximum Gasteiger partial charge on any atom is 0.262 e. The van der Waals surface area contributed by atoms with Crippen molar-refractivity contribution in [3.63, 3.8) is 0 Å². The number of nitrogens with one attached hydrogen (secondary N) is 2. The largest absolute Gasteiger partial charge is 0.484 e. The van der Waals surface area contributed by atoms with Gasteiger partial charge in [0.1, 0.15) is 11.0 Å². The summed E-state index contributed by atoms with van der Waals surface area (Å²) in [5.41, 5.74) is 1.95. The van der Waals surface area contributed by atoms with Gasteiger partial charge in [0.25, 0.3) is 5.91 Å². The molecule has 0 bridgehead atoms. The fourth-order valence-corrected chi connectivity index (χ4v) is 4.99. The van der Waals surface area contributed by atoms with Crippen LogP contribution in [0.3, 0.4) is 0 Å². The van der Waals surface area contributed by atoms with Crippen molar-refractivity contribution in [2.75, 3.05) is 17.2 Å². The van der Waals surface area contributed by atoms with Crippen LogP contribution in [0.1, 0.15) is 10.8 Å². The molecule has 0 aliphatic heterocycles. The minimum atomic E-state index is -0.559. The number of carbonyl (C=O) groups excluding carboxylic acids is 2. The van der Waals surface area contributed by atoms with Gasteiger partial charge in [0.05, 0.1) is 0 Å². The zero-order valence-corrected chi connectivity index (χ0v) is 21.3. The summed E-state index contributed by atoms with van der Waals surface area (Å²) in [6, 6.07) is 30.8. The summed E-state index contributed by atoms with van der Waals surface area (Å²) in [4.78, 5) is 26.5. The van der Waals surface area contributed by atoms with Crippen molar-refractivity contribution in [2.24, 2.45) is 0 Å². The molecule has 0 aromatic heterocycles. The van der Waals surface area contributed by atoms with E-state index in [0.717, 1.165) is 10.5 Å². The normalized spacial score (nSPS) is 11.4. The molecule has 4 aromatic carbocycles. The molecule has 5 nitrogen and oxygen atoms in total. The molecule has 0 fully saturated rings. The van der Waals surface area contributed by atoms with Crippen LogP contribution < -0.4 is 15.4 Å². The molecule has 0 saturated heterocycles. The number of hydrogen-bond donors (Lipinski definition) is 2. The zero-order chi connectivity index (χ0) is 25.3. The number of anilines is 2.